The summed E-state index contributed by atoms with van der Waals surface area (Å²) in [5.41, 5.74) is 1.67. The van der Waals surface area contributed by atoms with Gasteiger partial charge in [-0.25, -0.2) is 4.99 Å². The minimum atomic E-state index is 0.00290. The van der Waals surface area contributed by atoms with E-state index in [1.807, 2.05) is 42.5 Å². The van der Waals surface area contributed by atoms with Crippen molar-refractivity contribution < 1.29 is 4.79 Å². The molecule has 0 bridgehead atoms. The van der Waals surface area contributed by atoms with Gasteiger partial charge in [-0.3, -0.25) is 4.79 Å². The molecule has 0 unspecified atom stereocenters. The van der Waals surface area contributed by atoms with Gasteiger partial charge in [0.25, 0.3) is 0 Å². The number of aliphatic imine (C=N–C) groups is 1. The zero-order valence-electron chi connectivity index (χ0n) is 11.1. The third kappa shape index (κ3) is 4.26. The standard InChI is InChI=1S/C15H9BrClNOS3/c16-13-6-5-11(21-13)7-12-14(19)22-15(18-12)20-8-9-1-3-10(17)4-2-9/h1-7H,8H2/b12-7-. The third-order valence-electron chi connectivity index (χ3n) is 2.75. The second-order valence-electron chi connectivity index (χ2n) is 4.35. The van der Waals surface area contributed by atoms with Crippen molar-refractivity contribution in [3.63, 3.8) is 0 Å². The van der Waals surface area contributed by atoms with E-state index in [1.165, 1.54) is 11.8 Å². The molecule has 0 aliphatic carbocycles. The highest BCUT2D eigenvalue weighted by Crippen LogP contribution is 2.34. The van der Waals surface area contributed by atoms with Crippen LogP contribution in [0.3, 0.4) is 0 Å². The van der Waals surface area contributed by atoms with E-state index in [0.29, 0.717) is 5.70 Å². The Balaban J connectivity index is 1.67. The first-order valence-electron chi connectivity index (χ1n) is 6.25. The van der Waals surface area contributed by atoms with Gasteiger partial charge in [0.1, 0.15) is 10.1 Å². The summed E-state index contributed by atoms with van der Waals surface area (Å²) in [4.78, 5) is 17.4. The molecule has 0 fully saturated rings. The highest BCUT2D eigenvalue weighted by Gasteiger charge is 2.22. The SMILES string of the molecule is O=C1SC(SCc2ccc(Cl)cc2)=N/C1=C\c1ccc(Br)s1. The van der Waals surface area contributed by atoms with Crippen LogP contribution in [-0.2, 0) is 10.5 Å². The molecule has 1 aromatic heterocycles. The molecule has 22 heavy (non-hydrogen) atoms. The van der Waals surface area contributed by atoms with Crippen molar-refractivity contribution in [1.29, 1.82) is 0 Å². The molecular weight excluding hydrogens is 422 g/mol. The van der Waals surface area contributed by atoms with Crippen LogP contribution in [0.2, 0.25) is 5.02 Å². The minimum Gasteiger partial charge on any atom is -0.279 e. The molecular formula is C15H9BrClNOS3. The van der Waals surface area contributed by atoms with Crippen LogP contribution in [0.15, 0.2) is 50.9 Å². The van der Waals surface area contributed by atoms with Gasteiger partial charge in [0.2, 0.25) is 5.12 Å². The van der Waals surface area contributed by atoms with Gasteiger partial charge in [0.05, 0.1) is 3.79 Å². The van der Waals surface area contributed by atoms with Crippen LogP contribution < -0.4 is 0 Å². The zero-order valence-corrected chi connectivity index (χ0v) is 15.9. The fraction of sp³-hybridized carbons (Fsp3) is 0.0667. The predicted octanol–water partition coefficient (Wildman–Crippen LogP) is 6.07. The summed E-state index contributed by atoms with van der Waals surface area (Å²) in [7, 11) is 0. The number of rotatable bonds is 3. The summed E-state index contributed by atoms with van der Waals surface area (Å²) >= 11 is 13.6. The normalized spacial score (nSPS) is 16.4. The summed E-state index contributed by atoms with van der Waals surface area (Å²) < 4.78 is 1.83. The number of benzene rings is 1. The number of hydrogen-bond acceptors (Lipinski definition) is 5. The molecule has 2 nitrogen and oxygen atoms in total. The predicted molar refractivity (Wildman–Crippen MR) is 103 cm³/mol. The number of carbonyl (C=O) groups excluding carboxylic acids is 1. The number of thioether (sulfide) groups is 2. The Kier molecular flexibility index (Phi) is 5.46. The first-order chi connectivity index (χ1) is 10.6. The molecule has 0 atom stereocenters. The number of nitrogens with zero attached hydrogens (tertiary/aromatic N) is 1. The second-order valence-corrected chi connectivity index (χ2v) is 9.47. The van der Waals surface area contributed by atoms with Gasteiger partial charge in [0, 0.05) is 15.7 Å². The van der Waals surface area contributed by atoms with E-state index in [9.17, 15) is 4.79 Å². The van der Waals surface area contributed by atoms with Gasteiger partial charge < -0.3 is 0 Å². The van der Waals surface area contributed by atoms with Gasteiger partial charge in [0.15, 0.2) is 0 Å². The Morgan fingerprint density at radius 1 is 1.23 bits per heavy atom. The average Bonchev–Trinajstić information content (AvgIpc) is 3.05. The van der Waals surface area contributed by atoms with Crippen LogP contribution >= 0.6 is 62.4 Å². The Hall–Kier alpha value is -0.530. The lowest BCUT2D eigenvalue weighted by Gasteiger charge is -1.99. The number of carbonyl (C=O) groups is 1. The van der Waals surface area contributed by atoms with Crippen LogP contribution in [0.4, 0.5) is 0 Å². The fourth-order valence-corrected chi connectivity index (χ4v) is 5.00. The summed E-state index contributed by atoms with van der Waals surface area (Å²) in [6.07, 6.45) is 1.83. The minimum absolute atomic E-state index is 0.00290. The Morgan fingerprint density at radius 3 is 2.68 bits per heavy atom. The van der Waals surface area contributed by atoms with Crippen LogP contribution in [0.1, 0.15) is 10.4 Å². The number of thiophene rings is 1. The van der Waals surface area contributed by atoms with Crippen molar-refractivity contribution >= 4 is 78.0 Å². The molecule has 1 aliphatic rings. The molecule has 0 amide bonds. The molecule has 2 aromatic rings. The van der Waals surface area contributed by atoms with E-state index in [-0.39, 0.29) is 5.12 Å². The highest BCUT2D eigenvalue weighted by molar-refractivity contribution is 9.11. The maximum atomic E-state index is 12.0. The molecule has 0 radical (unpaired) electrons. The number of halogens is 2. The van der Waals surface area contributed by atoms with Gasteiger partial charge >= 0.3 is 0 Å². The van der Waals surface area contributed by atoms with Crippen LogP contribution in [0.5, 0.6) is 0 Å². The van der Waals surface area contributed by atoms with Crippen molar-refractivity contribution in [1.82, 2.24) is 0 Å². The molecule has 0 spiro atoms. The molecule has 0 saturated heterocycles. The number of hydrogen-bond donors (Lipinski definition) is 0. The van der Waals surface area contributed by atoms with E-state index >= 15 is 0 Å². The van der Waals surface area contributed by atoms with E-state index in [4.69, 9.17) is 11.6 Å². The quantitative estimate of drug-likeness (QED) is 0.554. The van der Waals surface area contributed by atoms with E-state index in [2.05, 4.69) is 20.9 Å². The van der Waals surface area contributed by atoms with Gasteiger partial charge in [-0.05, 0) is 63.6 Å². The van der Waals surface area contributed by atoms with E-state index < -0.39 is 0 Å². The maximum absolute atomic E-state index is 12.0. The molecule has 2 heterocycles. The van der Waals surface area contributed by atoms with Crippen molar-refractivity contribution in [3.05, 3.63) is 61.3 Å². The lowest BCUT2D eigenvalue weighted by atomic mass is 10.2. The first kappa shape index (κ1) is 16.3. The Morgan fingerprint density at radius 2 is 2.00 bits per heavy atom. The first-order valence-corrected chi connectivity index (χ1v) is 10.0. The smallest absolute Gasteiger partial charge is 0.244 e. The lowest BCUT2D eigenvalue weighted by molar-refractivity contribution is -0.107. The molecule has 7 heteroatoms. The molecule has 112 valence electrons. The Bertz CT molecular complexity index is 767. The van der Waals surface area contributed by atoms with Crippen LogP contribution in [0, 0.1) is 0 Å². The van der Waals surface area contributed by atoms with Gasteiger partial charge in [-0.15, -0.1) is 11.3 Å². The Labute approximate surface area is 154 Å². The van der Waals surface area contributed by atoms with Gasteiger partial charge in [-0.2, -0.15) is 0 Å². The zero-order chi connectivity index (χ0) is 15.5. The third-order valence-corrected chi connectivity index (χ3v) is 6.65. The topological polar surface area (TPSA) is 29.4 Å². The molecule has 1 aliphatic heterocycles. The molecule has 3 rings (SSSR count). The monoisotopic (exact) mass is 429 g/mol. The van der Waals surface area contributed by atoms with Crippen molar-refractivity contribution in [3.8, 4) is 0 Å². The fourth-order valence-electron chi connectivity index (χ4n) is 1.72. The van der Waals surface area contributed by atoms with E-state index in [1.54, 1.807) is 23.1 Å². The average molecular weight is 431 g/mol. The lowest BCUT2D eigenvalue weighted by Crippen LogP contribution is -1.87. The summed E-state index contributed by atoms with van der Waals surface area (Å²) in [6.45, 7) is 0. The molecule has 0 saturated carbocycles. The van der Waals surface area contributed by atoms with Gasteiger partial charge in [-0.1, -0.05) is 35.5 Å². The summed E-state index contributed by atoms with van der Waals surface area (Å²) in [6, 6.07) is 11.6. The van der Waals surface area contributed by atoms with Crippen molar-refractivity contribution in [2.75, 3.05) is 0 Å². The largest absolute Gasteiger partial charge is 0.279 e. The molecule has 0 N–H and O–H groups in total. The second kappa shape index (κ2) is 7.36. The highest BCUT2D eigenvalue weighted by atomic mass is 79.9. The van der Waals surface area contributed by atoms with Crippen LogP contribution in [-0.4, -0.2) is 9.49 Å². The van der Waals surface area contributed by atoms with Crippen LogP contribution in [0.25, 0.3) is 6.08 Å². The van der Waals surface area contributed by atoms with Crippen molar-refractivity contribution in [2.45, 2.75) is 5.75 Å². The maximum Gasteiger partial charge on any atom is 0.244 e. The summed E-state index contributed by atoms with van der Waals surface area (Å²) in [5.74, 6) is 0.772. The summed E-state index contributed by atoms with van der Waals surface area (Å²) in [5, 5.41) is 0.729. The van der Waals surface area contributed by atoms with Crippen molar-refractivity contribution in [2.24, 2.45) is 4.99 Å². The molecule has 1 aromatic carbocycles. The van der Waals surface area contributed by atoms with E-state index in [0.717, 1.165) is 29.4 Å².